The number of piperidine rings is 1. The molecule has 126 valence electrons. The van der Waals surface area contributed by atoms with Gasteiger partial charge in [-0.25, -0.2) is 17.7 Å². The number of nitrogens with zero attached hydrogens (tertiary/aromatic N) is 3. The van der Waals surface area contributed by atoms with Crippen molar-refractivity contribution in [3.05, 3.63) is 23.2 Å². The van der Waals surface area contributed by atoms with Crippen molar-refractivity contribution < 1.29 is 8.42 Å². The standard InChI is InChI=1S/C15H20ClN3O2S2/c1-18(23(2,20)21)10-11-5-7-19(8-6-11)15-17-13-4-3-12(16)9-14(13)22-15/h3-4,9,11H,5-8,10H2,1-2H3. The topological polar surface area (TPSA) is 53.5 Å². The smallest absolute Gasteiger partial charge is 0.210 e. The molecule has 1 aliphatic heterocycles. The second kappa shape index (κ2) is 6.55. The van der Waals surface area contributed by atoms with Crippen LogP contribution in [0.4, 0.5) is 5.13 Å². The molecular weight excluding hydrogens is 354 g/mol. The minimum atomic E-state index is -3.09. The Labute approximate surface area is 145 Å². The predicted octanol–water partition coefficient (Wildman–Crippen LogP) is 3.06. The van der Waals surface area contributed by atoms with Crippen molar-refractivity contribution in [1.29, 1.82) is 0 Å². The first-order chi connectivity index (χ1) is 10.8. The minimum Gasteiger partial charge on any atom is -0.348 e. The summed E-state index contributed by atoms with van der Waals surface area (Å²) in [6.45, 7) is 2.42. The van der Waals surface area contributed by atoms with Crippen LogP contribution in [0.1, 0.15) is 12.8 Å². The zero-order valence-corrected chi connectivity index (χ0v) is 15.6. The molecule has 0 aliphatic carbocycles. The van der Waals surface area contributed by atoms with Crippen LogP contribution in [-0.2, 0) is 10.0 Å². The van der Waals surface area contributed by atoms with E-state index >= 15 is 0 Å². The lowest BCUT2D eigenvalue weighted by atomic mass is 9.97. The van der Waals surface area contributed by atoms with Crippen LogP contribution >= 0.6 is 22.9 Å². The van der Waals surface area contributed by atoms with Gasteiger partial charge >= 0.3 is 0 Å². The molecule has 3 rings (SSSR count). The third-order valence-electron chi connectivity index (χ3n) is 4.31. The molecule has 0 saturated carbocycles. The maximum atomic E-state index is 11.5. The Bertz CT molecular complexity index is 798. The van der Waals surface area contributed by atoms with Gasteiger partial charge in [-0.2, -0.15) is 0 Å². The predicted molar refractivity (Wildman–Crippen MR) is 97.0 cm³/mol. The number of fused-ring (bicyclic) bond motifs is 1. The Morgan fingerprint density at radius 1 is 1.39 bits per heavy atom. The van der Waals surface area contributed by atoms with Crippen molar-refractivity contribution in [1.82, 2.24) is 9.29 Å². The van der Waals surface area contributed by atoms with Crippen LogP contribution in [0.25, 0.3) is 10.2 Å². The molecule has 0 spiro atoms. The van der Waals surface area contributed by atoms with E-state index in [9.17, 15) is 8.42 Å². The first-order valence-corrected chi connectivity index (χ1v) is 10.6. The molecule has 1 aromatic carbocycles. The Hall–Kier alpha value is -0.890. The zero-order valence-electron chi connectivity index (χ0n) is 13.2. The van der Waals surface area contributed by atoms with Gasteiger partial charge in [0.05, 0.1) is 16.5 Å². The summed E-state index contributed by atoms with van der Waals surface area (Å²) < 4.78 is 25.6. The fraction of sp³-hybridized carbons (Fsp3) is 0.533. The van der Waals surface area contributed by atoms with Crippen LogP contribution in [-0.4, -0.2) is 50.6 Å². The molecule has 0 radical (unpaired) electrons. The van der Waals surface area contributed by atoms with Gasteiger partial charge in [-0.1, -0.05) is 22.9 Å². The summed E-state index contributed by atoms with van der Waals surface area (Å²) in [6, 6.07) is 5.76. The van der Waals surface area contributed by atoms with E-state index in [0.29, 0.717) is 12.5 Å². The summed E-state index contributed by atoms with van der Waals surface area (Å²) in [5, 5.41) is 1.76. The lowest BCUT2D eigenvalue weighted by molar-refractivity contribution is 0.329. The summed E-state index contributed by atoms with van der Waals surface area (Å²) in [5.41, 5.74) is 0.980. The molecule has 23 heavy (non-hydrogen) atoms. The monoisotopic (exact) mass is 373 g/mol. The van der Waals surface area contributed by atoms with Gasteiger partial charge in [-0.3, -0.25) is 0 Å². The van der Waals surface area contributed by atoms with E-state index in [4.69, 9.17) is 11.6 Å². The molecule has 1 fully saturated rings. The van der Waals surface area contributed by atoms with Crippen molar-refractivity contribution in [3.8, 4) is 0 Å². The van der Waals surface area contributed by atoms with E-state index < -0.39 is 10.0 Å². The minimum absolute atomic E-state index is 0.412. The van der Waals surface area contributed by atoms with E-state index in [-0.39, 0.29) is 0 Å². The number of hydrogen-bond acceptors (Lipinski definition) is 5. The summed E-state index contributed by atoms with van der Waals surface area (Å²) in [6.07, 6.45) is 3.22. The van der Waals surface area contributed by atoms with E-state index in [1.165, 1.54) is 10.6 Å². The zero-order chi connectivity index (χ0) is 16.6. The molecule has 0 atom stereocenters. The largest absolute Gasteiger partial charge is 0.348 e. The highest BCUT2D eigenvalue weighted by Gasteiger charge is 2.24. The Balaban J connectivity index is 1.64. The van der Waals surface area contributed by atoms with Crippen LogP contribution < -0.4 is 4.90 Å². The van der Waals surface area contributed by atoms with Gasteiger partial charge in [0.1, 0.15) is 0 Å². The lowest BCUT2D eigenvalue weighted by Gasteiger charge is -2.33. The Morgan fingerprint density at radius 2 is 2.09 bits per heavy atom. The van der Waals surface area contributed by atoms with Gasteiger partial charge in [0.2, 0.25) is 10.0 Å². The van der Waals surface area contributed by atoms with Crippen LogP contribution in [0.2, 0.25) is 5.02 Å². The maximum Gasteiger partial charge on any atom is 0.210 e. The highest BCUT2D eigenvalue weighted by atomic mass is 35.5. The van der Waals surface area contributed by atoms with Crippen LogP contribution in [0.15, 0.2) is 18.2 Å². The molecule has 5 nitrogen and oxygen atoms in total. The van der Waals surface area contributed by atoms with Gasteiger partial charge in [-0.15, -0.1) is 0 Å². The first-order valence-electron chi connectivity index (χ1n) is 7.55. The van der Waals surface area contributed by atoms with Crippen LogP contribution in [0.5, 0.6) is 0 Å². The van der Waals surface area contributed by atoms with Crippen LogP contribution in [0, 0.1) is 5.92 Å². The molecule has 2 aromatic rings. The fourth-order valence-electron chi connectivity index (χ4n) is 2.83. The molecule has 0 bridgehead atoms. The van der Waals surface area contributed by atoms with Crippen molar-refractivity contribution in [2.24, 2.45) is 5.92 Å². The van der Waals surface area contributed by atoms with Gasteiger partial charge in [0.25, 0.3) is 0 Å². The SMILES string of the molecule is CN(CC1CCN(c2nc3ccc(Cl)cc3s2)CC1)S(C)(=O)=O. The normalized spacial score (nSPS) is 17.3. The number of anilines is 1. The van der Waals surface area contributed by atoms with Crippen molar-refractivity contribution >= 4 is 48.3 Å². The Morgan fingerprint density at radius 3 is 2.74 bits per heavy atom. The summed E-state index contributed by atoms with van der Waals surface area (Å²) in [7, 11) is -1.44. The van der Waals surface area contributed by atoms with Crippen LogP contribution in [0.3, 0.4) is 0 Å². The average Bonchev–Trinajstić information content (AvgIpc) is 2.90. The van der Waals surface area contributed by atoms with E-state index in [2.05, 4.69) is 9.88 Å². The number of halogens is 1. The highest BCUT2D eigenvalue weighted by Crippen LogP contribution is 2.33. The van der Waals surface area contributed by atoms with Gasteiger partial charge < -0.3 is 4.90 Å². The number of rotatable bonds is 4. The van der Waals surface area contributed by atoms with E-state index in [1.807, 2.05) is 18.2 Å². The fourth-order valence-corrected chi connectivity index (χ4v) is 4.60. The van der Waals surface area contributed by atoms with Gasteiger partial charge in [0.15, 0.2) is 5.13 Å². The van der Waals surface area contributed by atoms with Gasteiger partial charge in [0, 0.05) is 31.7 Å². The number of benzene rings is 1. The molecule has 0 N–H and O–H groups in total. The average molecular weight is 374 g/mol. The molecule has 1 aromatic heterocycles. The molecular formula is C15H20ClN3O2S2. The second-order valence-corrected chi connectivity index (χ2v) is 9.62. The Kier molecular flexibility index (Phi) is 4.83. The third kappa shape index (κ3) is 3.96. The van der Waals surface area contributed by atoms with Crippen molar-refractivity contribution in [3.63, 3.8) is 0 Å². The summed E-state index contributed by atoms with van der Waals surface area (Å²) >= 11 is 7.69. The van der Waals surface area contributed by atoms with Crippen molar-refractivity contribution in [2.45, 2.75) is 12.8 Å². The van der Waals surface area contributed by atoms with Crippen molar-refractivity contribution in [2.75, 3.05) is 37.8 Å². The molecule has 0 unspecified atom stereocenters. The second-order valence-electron chi connectivity index (χ2n) is 6.08. The third-order valence-corrected chi connectivity index (χ3v) is 6.90. The molecule has 1 aliphatic rings. The molecule has 8 heteroatoms. The highest BCUT2D eigenvalue weighted by molar-refractivity contribution is 7.88. The van der Waals surface area contributed by atoms with Gasteiger partial charge in [-0.05, 0) is 37.0 Å². The molecule has 0 amide bonds. The first kappa shape index (κ1) is 17.0. The lowest BCUT2D eigenvalue weighted by Crippen LogP contribution is -2.39. The quantitative estimate of drug-likeness (QED) is 0.826. The molecule has 1 saturated heterocycles. The number of thiazole rings is 1. The number of hydrogen-bond donors (Lipinski definition) is 0. The van der Waals surface area contributed by atoms with E-state index in [1.54, 1.807) is 18.4 Å². The van der Waals surface area contributed by atoms with E-state index in [0.717, 1.165) is 46.3 Å². The summed E-state index contributed by atoms with van der Waals surface area (Å²) in [5.74, 6) is 0.412. The molecule has 2 heterocycles. The number of sulfonamides is 1. The number of aromatic nitrogens is 1. The summed E-state index contributed by atoms with van der Waals surface area (Å²) in [4.78, 5) is 6.97. The maximum absolute atomic E-state index is 11.5.